The van der Waals surface area contributed by atoms with Gasteiger partial charge in [-0.3, -0.25) is 9.59 Å². The second-order valence-corrected chi connectivity index (χ2v) is 7.29. The number of Topliss-reactive ketones (excluding diaryl/α,β-unsaturated/α-hetero) is 1. The lowest BCUT2D eigenvalue weighted by molar-refractivity contribution is -0.141. The number of benzene rings is 2. The number of hydrogen-bond acceptors (Lipinski definition) is 4. The number of anilines is 1. The zero-order valence-corrected chi connectivity index (χ0v) is 16.2. The van der Waals surface area contributed by atoms with Crippen molar-refractivity contribution in [2.45, 2.75) is 39.7 Å². The number of fused-ring (bicyclic) bond motifs is 1. The predicted molar refractivity (Wildman–Crippen MR) is 104 cm³/mol. The van der Waals surface area contributed by atoms with Gasteiger partial charge in [-0.15, -0.1) is 0 Å². The SMILES string of the molecule is CC(=O)C[C@@]1(O)C(=O)N(CCOc2ccccc2C)c2c(C)cc(C)cc21. The van der Waals surface area contributed by atoms with Crippen molar-refractivity contribution in [2.24, 2.45) is 0 Å². The Morgan fingerprint density at radius 2 is 1.85 bits per heavy atom. The molecule has 0 bridgehead atoms. The highest BCUT2D eigenvalue weighted by Gasteiger charge is 2.50. The summed E-state index contributed by atoms with van der Waals surface area (Å²) in [7, 11) is 0. The molecule has 0 aromatic heterocycles. The van der Waals surface area contributed by atoms with Crippen LogP contribution < -0.4 is 9.64 Å². The average molecular weight is 367 g/mol. The molecule has 0 spiro atoms. The Hall–Kier alpha value is -2.66. The number of para-hydroxylation sites is 1. The second-order valence-electron chi connectivity index (χ2n) is 7.29. The van der Waals surface area contributed by atoms with Gasteiger partial charge < -0.3 is 14.7 Å². The molecule has 3 rings (SSSR count). The molecule has 2 aromatic carbocycles. The smallest absolute Gasteiger partial charge is 0.264 e. The van der Waals surface area contributed by atoms with Gasteiger partial charge in [0.25, 0.3) is 5.91 Å². The van der Waals surface area contributed by atoms with Crippen LogP contribution in [0, 0.1) is 20.8 Å². The summed E-state index contributed by atoms with van der Waals surface area (Å²) in [5.41, 5.74) is 2.25. The highest BCUT2D eigenvalue weighted by atomic mass is 16.5. The Bertz CT molecular complexity index is 905. The van der Waals surface area contributed by atoms with E-state index in [0.717, 1.165) is 22.4 Å². The summed E-state index contributed by atoms with van der Waals surface area (Å²) in [4.78, 5) is 26.3. The molecule has 0 saturated heterocycles. The second kappa shape index (κ2) is 7.16. The number of hydrogen-bond donors (Lipinski definition) is 1. The fourth-order valence-electron chi connectivity index (χ4n) is 3.78. The molecular weight excluding hydrogens is 342 g/mol. The van der Waals surface area contributed by atoms with Gasteiger partial charge in [-0.05, 0) is 44.9 Å². The van der Waals surface area contributed by atoms with E-state index in [1.165, 1.54) is 6.92 Å². The quantitative estimate of drug-likeness (QED) is 0.851. The van der Waals surface area contributed by atoms with E-state index in [0.29, 0.717) is 24.4 Å². The van der Waals surface area contributed by atoms with Gasteiger partial charge in [0.2, 0.25) is 0 Å². The van der Waals surface area contributed by atoms with Gasteiger partial charge in [0.15, 0.2) is 5.60 Å². The van der Waals surface area contributed by atoms with Crippen molar-refractivity contribution in [2.75, 3.05) is 18.1 Å². The fraction of sp³-hybridized carbons (Fsp3) is 0.364. The van der Waals surface area contributed by atoms with E-state index in [4.69, 9.17) is 4.74 Å². The summed E-state index contributed by atoms with van der Waals surface area (Å²) in [6.07, 6.45) is -0.225. The van der Waals surface area contributed by atoms with E-state index >= 15 is 0 Å². The number of rotatable bonds is 6. The summed E-state index contributed by atoms with van der Waals surface area (Å²) in [6.45, 7) is 7.76. The van der Waals surface area contributed by atoms with Crippen molar-refractivity contribution in [1.82, 2.24) is 0 Å². The van der Waals surface area contributed by atoms with Gasteiger partial charge >= 0.3 is 0 Å². The summed E-state index contributed by atoms with van der Waals surface area (Å²) < 4.78 is 5.83. The van der Waals surface area contributed by atoms with Crippen LogP contribution in [0.5, 0.6) is 5.75 Å². The molecule has 1 atom stereocenters. The monoisotopic (exact) mass is 367 g/mol. The minimum absolute atomic E-state index is 0.225. The van der Waals surface area contributed by atoms with Crippen molar-refractivity contribution in [3.05, 3.63) is 58.7 Å². The molecule has 0 aliphatic carbocycles. The molecule has 0 fully saturated rings. The third-order valence-corrected chi connectivity index (χ3v) is 4.93. The molecule has 0 saturated carbocycles. The van der Waals surface area contributed by atoms with E-state index in [1.54, 1.807) is 11.0 Å². The van der Waals surface area contributed by atoms with Crippen LogP contribution in [-0.4, -0.2) is 29.9 Å². The average Bonchev–Trinajstić information content (AvgIpc) is 2.78. The van der Waals surface area contributed by atoms with Crippen LogP contribution in [-0.2, 0) is 15.2 Å². The molecule has 1 heterocycles. The first-order valence-corrected chi connectivity index (χ1v) is 9.08. The minimum Gasteiger partial charge on any atom is -0.491 e. The van der Waals surface area contributed by atoms with Gasteiger partial charge in [0.05, 0.1) is 12.2 Å². The third-order valence-electron chi connectivity index (χ3n) is 4.93. The largest absolute Gasteiger partial charge is 0.491 e. The predicted octanol–water partition coefficient (Wildman–Crippen LogP) is 3.20. The zero-order valence-electron chi connectivity index (χ0n) is 16.2. The lowest BCUT2D eigenvalue weighted by Gasteiger charge is -2.22. The third kappa shape index (κ3) is 3.47. The number of carbonyl (C=O) groups is 2. The van der Waals surface area contributed by atoms with Gasteiger partial charge in [0.1, 0.15) is 18.1 Å². The molecule has 142 valence electrons. The molecule has 1 aliphatic rings. The molecule has 0 unspecified atom stereocenters. The standard InChI is InChI=1S/C22H25NO4/c1-14-11-16(3)20-18(12-14)22(26,13-17(4)24)21(25)23(20)9-10-27-19-8-6-5-7-15(19)2/h5-8,11-12,26H,9-10,13H2,1-4H3/t22-/m0/s1. The highest BCUT2D eigenvalue weighted by Crippen LogP contribution is 2.44. The Morgan fingerprint density at radius 3 is 2.52 bits per heavy atom. The number of carbonyl (C=O) groups excluding carboxylic acids is 2. The summed E-state index contributed by atoms with van der Waals surface area (Å²) in [6, 6.07) is 11.5. The molecule has 1 amide bonds. The van der Waals surface area contributed by atoms with Crippen molar-refractivity contribution < 1.29 is 19.4 Å². The maximum absolute atomic E-state index is 13.1. The zero-order chi connectivity index (χ0) is 19.8. The number of aryl methyl sites for hydroxylation is 3. The van der Waals surface area contributed by atoms with Crippen molar-refractivity contribution in [3.63, 3.8) is 0 Å². The van der Waals surface area contributed by atoms with Crippen molar-refractivity contribution in [3.8, 4) is 5.75 Å². The Kier molecular flexibility index (Phi) is 5.07. The number of ketones is 1. The number of aliphatic hydroxyl groups is 1. The Morgan fingerprint density at radius 1 is 1.15 bits per heavy atom. The molecule has 5 nitrogen and oxygen atoms in total. The van der Waals surface area contributed by atoms with Crippen molar-refractivity contribution in [1.29, 1.82) is 0 Å². The van der Waals surface area contributed by atoms with E-state index in [2.05, 4.69) is 0 Å². The maximum Gasteiger partial charge on any atom is 0.264 e. The first-order valence-electron chi connectivity index (χ1n) is 9.08. The summed E-state index contributed by atoms with van der Waals surface area (Å²) >= 11 is 0. The Labute approximate surface area is 159 Å². The molecular formula is C22H25NO4. The van der Waals surface area contributed by atoms with Crippen LogP contribution in [0.2, 0.25) is 0 Å². The topological polar surface area (TPSA) is 66.8 Å². The van der Waals surface area contributed by atoms with Gasteiger partial charge in [-0.1, -0.05) is 35.9 Å². The molecule has 2 aromatic rings. The minimum atomic E-state index is -1.80. The maximum atomic E-state index is 13.1. The number of amides is 1. The van der Waals surface area contributed by atoms with Gasteiger partial charge in [0, 0.05) is 12.0 Å². The van der Waals surface area contributed by atoms with Crippen LogP contribution >= 0.6 is 0 Å². The van der Waals surface area contributed by atoms with Crippen LogP contribution in [0.1, 0.15) is 35.6 Å². The van der Waals surface area contributed by atoms with E-state index in [9.17, 15) is 14.7 Å². The Balaban J connectivity index is 1.89. The van der Waals surface area contributed by atoms with E-state index in [1.807, 2.05) is 51.1 Å². The van der Waals surface area contributed by atoms with E-state index < -0.39 is 11.5 Å². The van der Waals surface area contributed by atoms with Crippen LogP contribution in [0.15, 0.2) is 36.4 Å². The van der Waals surface area contributed by atoms with E-state index in [-0.39, 0.29) is 12.2 Å². The molecule has 1 N–H and O–H groups in total. The first kappa shape index (κ1) is 19.1. The van der Waals surface area contributed by atoms with Crippen LogP contribution in [0.3, 0.4) is 0 Å². The highest BCUT2D eigenvalue weighted by molar-refractivity contribution is 6.09. The fourth-order valence-corrected chi connectivity index (χ4v) is 3.78. The lowest BCUT2D eigenvalue weighted by Crippen LogP contribution is -2.43. The number of ether oxygens (including phenoxy) is 1. The first-order chi connectivity index (χ1) is 12.7. The molecule has 0 radical (unpaired) electrons. The van der Waals surface area contributed by atoms with Crippen molar-refractivity contribution >= 4 is 17.4 Å². The summed E-state index contributed by atoms with van der Waals surface area (Å²) in [5.74, 6) is 0.0766. The normalized spacial score (nSPS) is 18.6. The number of nitrogens with zero attached hydrogens (tertiary/aromatic N) is 1. The van der Waals surface area contributed by atoms with Crippen LogP contribution in [0.25, 0.3) is 0 Å². The van der Waals surface area contributed by atoms with Gasteiger partial charge in [-0.25, -0.2) is 0 Å². The lowest BCUT2D eigenvalue weighted by atomic mass is 9.88. The molecule has 27 heavy (non-hydrogen) atoms. The molecule has 5 heteroatoms. The summed E-state index contributed by atoms with van der Waals surface area (Å²) in [5, 5.41) is 11.1. The van der Waals surface area contributed by atoms with Crippen LogP contribution in [0.4, 0.5) is 5.69 Å². The molecule has 1 aliphatic heterocycles. The van der Waals surface area contributed by atoms with Gasteiger partial charge in [-0.2, -0.15) is 0 Å².